The number of carbonyl (C=O) groups is 1. The van der Waals surface area contributed by atoms with Gasteiger partial charge in [-0.15, -0.1) is 0 Å². The van der Waals surface area contributed by atoms with E-state index in [1.54, 1.807) is 11.8 Å². The van der Waals surface area contributed by atoms with Crippen molar-refractivity contribution < 1.29 is 14.6 Å². The Morgan fingerprint density at radius 2 is 1.95 bits per heavy atom. The molecule has 0 spiro atoms. The first-order valence-electron chi connectivity index (χ1n) is 7.21. The predicted molar refractivity (Wildman–Crippen MR) is 86.2 cm³/mol. The molecule has 0 aromatic rings. The molecule has 0 aliphatic carbocycles. The summed E-state index contributed by atoms with van der Waals surface area (Å²) < 4.78 is 5.25. The first-order chi connectivity index (χ1) is 9.14. The number of hydrogen-bond acceptors (Lipinski definition) is 4. The fourth-order valence-electron chi connectivity index (χ4n) is 2.22. The fraction of sp³-hybridized carbons (Fsp3) is 0.933. The molecule has 2 N–H and O–H groups in total. The molecule has 0 bridgehead atoms. The van der Waals surface area contributed by atoms with E-state index in [2.05, 4.69) is 25.4 Å². The molecule has 0 aliphatic rings. The SMILES string of the molecule is CSCCC(CO)(CNC(=O)OC(C)(C)C)CC(C)C. The molecule has 120 valence electrons. The highest BCUT2D eigenvalue weighted by molar-refractivity contribution is 7.98. The van der Waals surface area contributed by atoms with Crippen LogP contribution in [0.15, 0.2) is 0 Å². The van der Waals surface area contributed by atoms with Gasteiger partial charge in [-0.1, -0.05) is 13.8 Å². The van der Waals surface area contributed by atoms with Gasteiger partial charge in [0.15, 0.2) is 0 Å². The van der Waals surface area contributed by atoms with Gasteiger partial charge in [0.1, 0.15) is 5.60 Å². The van der Waals surface area contributed by atoms with Crippen LogP contribution in [0.3, 0.4) is 0 Å². The molecule has 0 aromatic heterocycles. The van der Waals surface area contributed by atoms with Crippen molar-refractivity contribution in [3.05, 3.63) is 0 Å². The van der Waals surface area contributed by atoms with E-state index in [4.69, 9.17) is 4.74 Å². The van der Waals surface area contributed by atoms with Gasteiger partial charge in [-0.05, 0) is 51.5 Å². The number of thioether (sulfide) groups is 1. The number of amides is 1. The van der Waals surface area contributed by atoms with E-state index in [0.29, 0.717) is 12.5 Å². The van der Waals surface area contributed by atoms with Crippen LogP contribution in [-0.4, -0.2) is 42.0 Å². The molecule has 1 amide bonds. The Morgan fingerprint density at radius 1 is 1.35 bits per heavy atom. The van der Waals surface area contributed by atoms with E-state index < -0.39 is 11.7 Å². The van der Waals surface area contributed by atoms with Crippen molar-refractivity contribution in [2.24, 2.45) is 11.3 Å². The molecule has 1 unspecified atom stereocenters. The van der Waals surface area contributed by atoms with Gasteiger partial charge in [-0.2, -0.15) is 11.8 Å². The summed E-state index contributed by atoms with van der Waals surface area (Å²) in [5, 5.41) is 12.6. The lowest BCUT2D eigenvalue weighted by Crippen LogP contribution is -2.43. The molecule has 4 nitrogen and oxygen atoms in total. The Bertz CT molecular complexity index is 289. The number of hydrogen-bond donors (Lipinski definition) is 2. The maximum Gasteiger partial charge on any atom is 0.407 e. The Balaban J connectivity index is 4.58. The van der Waals surface area contributed by atoms with Crippen LogP contribution < -0.4 is 5.32 Å². The molecule has 0 radical (unpaired) electrons. The van der Waals surface area contributed by atoms with Crippen LogP contribution in [0.25, 0.3) is 0 Å². The van der Waals surface area contributed by atoms with Crippen molar-refractivity contribution in [1.82, 2.24) is 5.32 Å². The first-order valence-corrected chi connectivity index (χ1v) is 8.60. The Labute approximate surface area is 128 Å². The normalized spacial score (nSPS) is 15.0. The topological polar surface area (TPSA) is 58.6 Å². The summed E-state index contributed by atoms with van der Waals surface area (Å²) in [4.78, 5) is 11.8. The number of carbonyl (C=O) groups excluding carboxylic acids is 1. The predicted octanol–water partition coefficient (Wildman–Crippen LogP) is 3.29. The van der Waals surface area contributed by atoms with Gasteiger partial charge in [0, 0.05) is 12.0 Å². The number of aliphatic hydroxyl groups is 1. The number of alkyl carbamates (subject to hydrolysis) is 1. The summed E-state index contributed by atoms with van der Waals surface area (Å²) in [6, 6.07) is 0. The van der Waals surface area contributed by atoms with Crippen LogP contribution in [0.4, 0.5) is 4.79 Å². The van der Waals surface area contributed by atoms with Crippen molar-refractivity contribution >= 4 is 17.9 Å². The van der Waals surface area contributed by atoms with E-state index >= 15 is 0 Å². The second kappa shape index (κ2) is 8.78. The Morgan fingerprint density at radius 3 is 2.35 bits per heavy atom. The average Bonchev–Trinajstić information content (AvgIpc) is 2.30. The molecule has 0 aromatic carbocycles. The fourth-order valence-corrected chi connectivity index (χ4v) is 2.86. The molecule has 0 saturated heterocycles. The minimum Gasteiger partial charge on any atom is -0.444 e. The summed E-state index contributed by atoms with van der Waals surface area (Å²) >= 11 is 1.76. The third kappa shape index (κ3) is 8.69. The van der Waals surface area contributed by atoms with Gasteiger partial charge in [-0.3, -0.25) is 0 Å². The quantitative estimate of drug-likeness (QED) is 0.722. The maximum absolute atomic E-state index is 11.8. The molecule has 1 atom stereocenters. The molecule has 0 saturated carbocycles. The van der Waals surface area contributed by atoms with E-state index in [1.165, 1.54) is 0 Å². The zero-order valence-corrected chi connectivity index (χ0v) is 14.6. The molecule has 5 heteroatoms. The molecular weight excluding hydrogens is 274 g/mol. The Hall–Kier alpha value is -0.420. The zero-order valence-electron chi connectivity index (χ0n) is 13.8. The van der Waals surface area contributed by atoms with Gasteiger partial charge < -0.3 is 15.2 Å². The number of ether oxygens (including phenoxy) is 1. The highest BCUT2D eigenvalue weighted by atomic mass is 32.2. The van der Waals surface area contributed by atoms with E-state index in [0.717, 1.165) is 18.6 Å². The van der Waals surface area contributed by atoms with Crippen LogP contribution in [0.1, 0.15) is 47.5 Å². The number of nitrogens with one attached hydrogen (secondary N) is 1. The lowest BCUT2D eigenvalue weighted by Gasteiger charge is -2.34. The number of rotatable bonds is 8. The largest absolute Gasteiger partial charge is 0.444 e. The smallest absolute Gasteiger partial charge is 0.407 e. The van der Waals surface area contributed by atoms with E-state index in [1.807, 2.05) is 20.8 Å². The van der Waals surface area contributed by atoms with Crippen molar-refractivity contribution in [3.63, 3.8) is 0 Å². The van der Waals surface area contributed by atoms with E-state index in [9.17, 15) is 9.90 Å². The first kappa shape index (κ1) is 19.6. The summed E-state index contributed by atoms with van der Waals surface area (Å²) in [5.74, 6) is 1.45. The van der Waals surface area contributed by atoms with Crippen molar-refractivity contribution in [2.45, 2.75) is 53.1 Å². The van der Waals surface area contributed by atoms with Crippen molar-refractivity contribution in [1.29, 1.82) is 0 Å². The van der Waals surface area contributed by atoms with Gasteiger partial charge in [0.25, 0.3) is 0 Å². The molecule has 0 heterocycles. The van der Waals surface area contributed by atoms with Gasteiger partial charge >= 0.3 is 6.09 Å². The lowest BCUT2D eigenvalue weighted by molar-refractivity contribution is 0.0436. The third-order valence-electron chi connectivity index (χ3n) is 3.02. The summed E-state index contributed by atoms with van der Waals surface area (Å²) in [6.45, 7) is 10.3. The van der Waals surface area contributed by atoms with Crippen LogP contribution >= 0.6 is 11.8 Å². The molecule has 0 rings (SSSR count). The molecule has 0 fully saturated rings. The molecular formula is C15H31NO3S. The number of aliphatic hydroxyl groups excluding tert-OH is 1. The van der Waals surface area contributed by atoms with Crippen molar-refractivity contribution in [2.75, 3.05) is 25.2 Å². The maximum atomic E-state index is 11.8. The minimum absolute atomic E-state index is 0.0849. The minimum atomic E-state index is -0.497. The highest BCUT2D eigenvalue weighted by Gasteiger charge is 2.31. The lowest BCUT2D eigenvalue weighted by atomic mass is 9.78. The third-order valence-corrected chi connectivity index (χ3v) is 3.63. The standard InChI is InChI=1S/C15H31NO3S/c1-12(2)9-15(11-17,7-8-20-6)10-16-13(18)19-14(3,4)5/h12,17H,7-11H2,1-6H3,(H,16,18). The highest BCUT2D eigenvalue weighted by Crippen LogP contribution is 2.30. The van der Waals surface area contributed by atoms with Crippen LogP contribution in [0, 0.1) is 11.3 Å². The summed E-state index contributed by atoms with van der Waals surface area (Å²) in [6.07, 6.45) is 3.42. The summed E-state index contributed by atoms with van der Waals surface area (Å²) in [5.41, 5.74) is -0.753. The monoisotopic (exact) mass is 305 g/mol. The summed E-state index contributed by atoms with van der Waals surface area (Å²) in [7, 11) is 0. The van der Waals surface area contributed by atoms with Gasteiger partial charge in [0.2, 0.25) is 0 Å². The van der Waals surface area contributed by atoms with Crippen LogP contribution in [0.2, 0.25) is 0 Å². The van der Waals surface area contributed by atoms with Gasteiger partial charge in [0.05, 0.1) is 6.61 Å². The van der Waals surface area contributed by atoms with E-state index in [-0.39, 0.29) is 12.0 Å². The Kier molecular flexibility index (Phi) is 8.59. The molecule has 20 heavy (non-hydrogen) atoms. The average molecular weight is 305 g/mol. The van der Waals surface area contributed by atoms with Crippen LogP contribution in [-0.2, 0) is 4.74 Å². The molecule has 0 aliphatic heterocycles. The van der Waals surface area contributed by atoms with Crippen LogP contribution in [0.5, 0.6) is 0 Å². The second-order valence-electron chi connectivity index (χ2n) is 6.85. The van der Waals surface area contributed by atoms with Crippen molar-refractivity contribution in [3.8, 4) is 0 Å². The van der Waals surface area contributed by atoms with Gasteiger partial charge in [-0.25, -0.2) is 4.79 Å². The second-order valence-corrected chi connectivity index (χ2v) is 7.84. The zero-order chi connectivity index (χ0) is 15.8.